The van der Waals surface area contributed by atoms with Crippen molar-refractivity contribution >= 4 is 36.0 Å². The Labute approximate surface area is 169 Å². The molecule has 1 heterocycles. The molecule has 146 valence electrons. The molecule has 0 aromatic rings. The molecule has 0 spiro atoms. The van der Waals surface area contributed by atoms with Crippen LogP contribution in [-0.4, -0.2) is 56.3 Å². The number of halogens is 1. The molecule has 2 rings (SSSR count). The zero-order chi connectivity index (χ0) is 17.4. The number of rotatable bonds is 5. The molecule has 7 heteroatoms. The monoisotopic (exact) mass is 466 g/mol. The van der Waals surface area contributed by atoms with Gasteiger partial charge in [0.05, 0.1) is 6.61 Å². The molecule has 0 atom stereocenters. The maximum absolute atomic E-state index is 11.7. The molecule has 0 aromatic heterocycles. The Morgan fingerprint density at radius 2 is 1.88 bits per heavy atom. The number of aliphatic imine (C=N–C) groups is 1. The summed E-state index contributed by atoms with van der Waals surface area (Å²) in [5.41, 5.74) is 0.449. The smallest absolute Gasteiger partial charge is 0.409 e. The maximum Gasteiger partial charge on any atom is 0.409 e. The van der Waals surface area contributed by atoms with E-state index < -0.39 is 0 Å². The Morgan fingerprint density at radius 3 is 2.40 bits per heavy atom. The van der Waals surface area contributed by atoms with Crippen molar-refractivity contribution in [2.75, 3.05) is 33.3 Å². The molecule has 0 radical (unpaired) electrons. The van der Waals surface area contributed by atoms with E-state index in [0.717, 1.165) is 38.4 Å². The molecule has 1 saturated carbocycles. The summed E-state index contributed by atoms with van der Waals surface area (Å²) in [5, 5.41) is 7.06. The number of guanidine groups is 1. The van der Waals surface area contributed by atoms with Gasteiger partial charge in [0.1, 0.15) is 0 Å². The van der Waals surface area contributed by atoms with Gasteiger partial charge in [-0.2, -0.15) is 0 Å². The molecule has 1 saturated heterocycles. The summed E-state index contributed by atoms with van der Waals surface area (Å²) >= 11 is 0. The van der Waals surface area contributed by atoms with Crippen LogP contribution in [0.4, 0.5) is 4.79 Å². The fraction of sp³-hybridized carbons (Fsp3) is 0.889. The number of likely N-dealkylation sites (tertiary alicyclic amines) is 1. The number of amides is 1. The van der Waals surface area contributed by atoms with Crippen LogP contribution in [0.25, 0.3) is 0 Å². The van der Waals surface area contributed by atoms with Crippen molar-refractivity contribution in [3.05, 3.63) is 0 Å². The van der Waals surface area contributed by atoms with Crippen LogP contribution in [0.1, 0.15) is 58.8 Å². The standard InChI is InChI=1S/C18H34N4O2.HI/c1-4-18(10-6-7-11-18)14-20-16(19-3)21-15-8-12-22(13-9-15)17(23)24-5-2;/h15H,4-14H2,1-3H3,(H2,19,20,21);1H. The molecular weight excluding hydrogens is 431 g/mol. The first-order chi connectivity index (χ1) is 11.6. The third kappa shape index (κ3) is 6.49. The van der Waals surface area contributed by atoms with E-state index in [0.29, 0.717) is 18.1 Å². The molecule has 0 unspecified atom stereocenters. The fourth-order valence-corrected chi connectivity index (χ4v) is 3.86. The third-order valence-corrected chi connectivity index (χ3v) is 5.63. The van der Waals surface area contributed by atoms with Gasteiger partial charge in [-0.25, -0.2) is 4.79 Å². The minimum atomic E-state index is -0.190. The maximum atomic E-state index is 11.7. The number of piperidine rings is 1. The first-order valence-corrected chi connectivity index (χ1v) is 9.51. The summed E-state index contributed by atoms with van der Waals surface area (Å²) < 4.78 is 5.07. The number of ether oxygens (including phenoxy) is 1. The van der Waals surface area contributed by atoms with Crippen molar-refractivity contribution in [1.29, 1.82) is 0 Å². The molecule has 2 N–H and O–H groups in total. The zero-order valence-corrected chi connectivity index (χ0v) is 18.3. The second kappa shape index (κ2) is 11.1. The summed E-state index contributed by atoms with van der Waals surface area (Å²) in [6.07, 6.45) is 8.26. The van der Waals surface area contributed by atoms with Crippen LogP contribution in [0.3, 0.4) is 0 Å². The molecule has 2 fully saturated rings. The minimum Gasteiger partial charge on any atom is -0.450 e. The average molecular weight is 466 g/mol. The largest absolute Gasteiger partial charge is 0.450 e. The van der Waals surface area contributed by atoms with Gasteiger partial charge in [0.15, 0.2) is 5.96 Å². The van der Waals surface area contributed by atoms with Crippen LogP contribution in [0, 0.1) is 5.41 Å². The summed E-state index contributed by atoms with van der Waals surface area (Å²) in [6, 6.07) is 0.364. The molecule has 6 nitrogen and oxygen atoms in total. The summed E-state index contributed by atoms with van der Waals surface area (Å²) in [7, 11) is 1.83. The zero-order valence-electron chi connectivity index (χ0n) is 16.0. The quantitative estimate of drug-likeness (QED) is 0.371. The van der Waals surface area contributed by atoms with E-state index in [1.807, 2.05) is 14.0 Å². The normalized spacial score (nSPS) is 20.8. The SMILES string of the molecule is CCOC(=O)N1CCC(NC(=NC)NCC2(CC)CCCC2)CC1.I. The Morgan fingerprint density at radius 1 is 1.24 bits per heavy atom. The Kier molecular flexibility index (Phi) is 9.89. The van der Waals surface area contributed by atoms with Crippen LogP contribution in [0.5, 0.6) is 0 Å². The number of carbonyl (C=O) groups excluding carboxylic acids is 1. The Bertz CT molecular complexity index is 431. The van der Waals surface area contributed by atoms with Crippen LogP contribution >= 0.6 is 24.0 Å². The van der Waals surface area contributed by atoms with E-state index in [4.69, 9.17) is 4.74 Å². The van der Waals surface area contributed by atoms with Gasteiger partial charge < -0.3 is 20.3 Å². The van der Waals surface area contributed by atoms with Crippen molar-refractivity contribution < 1.29 is 9.53 Å². The topological polar surface area (TPSA) is 66.0 Å². The minimum absolute atomic E-state index is 0. The van der Waals surface area contributed by atoms with Gasteiger partial charge in [0.25, 0.3) is 0 Å². The summed E-state index contributed by atoms with van der Waals surface area (Å²) in [6.45, 7) is 7.07. The highest BCUT2D eigenvalue weighted by Gasteiger charge is 2.32. The third-order valence-electron chi connectivity index (χ3n) is 5.63. The number of hydrogen-bond donors (Lipinski definition) is 2. The van der Waals surface area contributed by atoms with Gasteiger partial charge in [-0.15, -0.1) is 24.0 Å². The molecule has 0 bridgehead atoms. The van der Waals surface area contributed by atoms with Gasteiger partial charge in [-0.1, -0.05) is 19.8 Å². The lowest BCUT2D eigenvalue weighted by Gasteiger charge is -2.33. The van der Waals surface area contributed by atoms with E-state index in [2.05, 4.69) is 22.5 Å². The van der Waals surface area contributed by atoms with E-state index in [9.17, 15) is 4.79 Å². The summed E-state index contributed by atoms with van der Waals surface area (Å²) in [5.74, 6) is 0.893. The van der Waals surface area contributed by atoms with E-state index in [1.54, 1.807) is 4.90 Å². The predicted molar refractivity (Wildman–Crippen MR) is 113 cm³/mol. The van der Waals surface area contributed by atoms with Gasteiger partial charge in [0, 0.05) is 32.7 Å². The molecule has 1 aliphatic heterocycles. The first-order valence-electron chi connectivity index (χ1n) is 9.51. The lowest BCUT2D eigenvalue weighted by molar-refractivity contribution is 0.0963. The Hall–Kier alpha value is -0.730. The predicted octanol–water partition coefficient (Wildman–Crippen LogP) is 3.36. The van der Waals surface area contributed by atoms with E-state index in [1.165, 1.54) is 32.1 Å². The second-order valence-corrected chi connectivity index (χ2v) is 7.09. The molecule has 2 aliphatic rings. The molecular formula is C18H35IN4O2. The first kappa shape index (κ1) is 22.3. The van der Waals surface area contributed by atoms with E-state index in [-0.39, 0.29) is 30.1 Å². The molecule has 1 amide bonds. The lowest BCUT2D eigenvalue weighted by Crippen LogP contribution is -2.51. The highest BCUT2D eigenvalue weighted by molar-refractivity contribution is 14.0. The highest BCUT2D eigenvalue weighted by Crippen LogP contribution is 2.40. The number of hydrogen-bond acceptors (Lipinski definition) is 3. The Balaban J connectivity index is 0.00000312. The van der Waals surface area contributed by atoms with E-state index >= 15 is 0 Å². The van der Waals surface area contributed by atoms with Gasteiger partial charge in [-0.05, 0) is 44.4 Å². The number of nitrogens with one attached hydrogen (secondary N) is 2. The van der Waals surface area contributed by atoms with Crippen molar-refractivity contribution in [2.45, 2.75) is 64.8 Å². The lowest BCUT2D eigenvalue weighted by atomic mass is 9.83. The average Bonchev–Trinajstić information content (AvgIpc) is 3.09. The highest BCUT2D eigenvalue weighted by atomic mass is 127. The molecule has 1 aliphatic carbocycles. The van der Waals surface area contributed by atoms with Crippen LogP contribution < -0.4 is 10.6 Å². The second-order valence-electron chi connectivity index (χ2n) is 7.09. The van der Waals surface area contributed by atoms with Crippen LogP contribution in [-0.2, 0) is 4.74 Å². The van der Waals surface area contributed by atoms with Crippen LogP contribution in [0.2, 0.25) is 0 Å². The van der Waals surface area contributed by atoms with Crippen molar-refractivity contribution in [3.63, 3.8) is 0 Å². The van der Waals surface area contributed by atoms with Crippen molar-refractivity contribution in [2.24, 2.45) is 10.4 Å². The number of nitrogens with zero attached hydrogens (tertiary/aromatic N) is 2. The molecule has 25 heavy (non-hydrogen) atoms. The van der Waals surface area contributed by atoms with Crippen molar-refractivity contribution in [1.82, 2.24) is 15.5 Å². The van der Waals surface area contributed by atoms with Gasteiger partial charge in [-0.3, -0.25) is 4.99 Å². The van der Waals surface area contributed by atoms with Crippen molar-refractivity contribution in [3.8, 4) is 0 Å². The molecule has 0 aromatic carbocycles. The van der Waals surface area contributed by atoms with Gasteiger partial charge >= 0.3 is 6.09 Å². The van der Waals surface area contributed by atoms with Gasteiger partial charge in [0.2, 0.25) is 0 Å². The summed E-state index contributed by atoms with van der Waals surface area (Å²) in [4.78, 5) is 17.9. The fourth-order valence-electron chi connectivity index (χ4n) is 3.86. The number of carbonyl (C=O) groups is 1. The van der Waals surface area contributed by atoms with Crippen LogP contribution in [0.15, 0.2) is 4.99 Å².